The first-order chi connectivity index (χ1) is 12.2. The number of carbonyl (C=O) groups is 1. The summed E-state index contributed by atoms with van der Waals surface area (Å²) in [4.78, 5) is 12.1. The van der Waals surface area contributed by atoms with Gasteiger partial charge >= 0.3 is 0 Å². The fourth-order valence-corrected chi connectivity index (χ4v) is 3.41. The molecule has 10 heteroatoms. The summed E-state index contributed by atoms with van der Waals surface area (Å²) in [5, 5.41) is 6.83. The van der Waals surface area contributed by atoms with Crippen molar-refractivity contribution in [1.82, 2.24) is 14.5 Å². The molecular weight excluding hydrogens is 358 g/mol. The summed E-state index contributed by atoms with van der Waals surface area (Å²) < 4.78 is 33.8. The third-order valence-corrected chi connectivity index (χ3v) is 5.11. The lowest BCUT2D eigenvalue weighted by molar-refractivity contribution is -0.118. The van der Waals surface area contributed by atoms with Crippen LogP contribution in [0.15, 0.2) is 29.2 Å². The van der Waals surface area contributed by atoms with Gasteiger partial charge in [0.2, 0.25) is 10.0 Å². The summed E-state index contributed by atoms with van der Waals surface area (Å²) in [6, 6.07) is 5.95. The van der Waals surface area contributed by atoms with Crippen molar-refractivity contribution in [3.8, 4) is 5.75 Å². The van der Waals surface area contributed by atoms with Gasteiger partial charge in [0, 0.05) is 25.8 Å². The summed E-state index contributed by atoms with van der Waals surface area (Å²) in [5.41, 5.74) is 7.17. The minimum Gasteiger partial charge on any atom is -0.480 e. The second-order valence-corrected chi connectivity index (χ2v) is 7.44. The van der Waals surface area contributed by atoms with Gasteiger partial charge in [-0.05, 0) is 32.0 Å². The third kappa shape index (κ3) is 4.81. The number of nitrogens with one attached hydrogen (secondary N) is 2. The highest BCUT2D eigenvalue weighted by Crippen LogP contribution is 2.21. The number of benzene rings is 1. The van der Waals surface area contributed by atoms with E-state index in [9.17, 15) is 13.2 Å². The number of hydrogen-bond acceptors (Lipinski definition) is 6. The van der Waals surface area contributed by atoms with Crippen molar-refractivity contribution in [2.75, 3.05) is 25.0 Å². The van der Waals surface area contributed by atoms with Gasteiger partial charge in [-0.2, -0.15) is 5.10 Å². The van der Waals surface area contributed by atoms with Gasteiger partial charge in [-0.1, -0.05) is 6.07 Å². The van der Waals surface area contributed by atoms with Crippen molar-refractivity contribution in [2.24, 2.45) is 12.8 Å². The molecule has 0 bridgehead atoms. The Kier molecular flexibility index (Phi) is 6.35. The summed E-state index contributed by atoms with van der Waals surface area (Å²) in [6.45, 7) is 3.76. The van der Waals surface area contributed by atoms with Crippen LogP contribution in [0.2, 0.25) is 0 Å². The molecule has 0 spiro atoms. The van der Waals surface area contributed by atoms with E-state index in [1.54, 1.807) is 30.8 Å². The second kappa shape index (κ2) is 8.30. The van der Waals surface area contributed by atoms with E-state index in [4.69, 9.17) is 10.5 Å². The van der Waals surface area contributed by atoms with E-state index in [1.807, 2.05) is 6.92 Å². The van der Waals surface area contributed by atoms with Crippen LogP contribution < -0.4 is 20.5 Å². The molecule has 0 fully saturated rings. The van der Waals surface area contributed by atoms with Gasteiger partial charge in [0.1, 0.15) is 5.69 Å². The zero-order valence-electron chi connectivity index (χ0n) is 14.9. The second-order valence-electron chi connectivity index (χ2n) is 5.67. The molecular formula is C16H23N5O4S. The number of ether oxygens (including phenoxy) is 1. The van der Waals surface area contributed by atoms with E-state index in [2.05, 4.69) is 15.1 Å². The van der Waals surface area contributed by atoms with Crippen LogP contribution in [0.5, 0.6) is 5.75 Å². The maximum Gasteiger partial charge on any atom is 0.262 e. The van der Waals surface area contributed by atoms with Crippen LogP contribution in [0, 0.1) is 13.8 Å². The molecule has 1 aromatic heterocycles. The molecule has 0 aliphatic carbocycles. The quantitative estimate of drug-likeness (QED) is 0.603. The Labute approximate surface area is 152 Å². The zero-order chi connectivity index (χ0) is 19.3. The lowest BCUT2D eigenvalue weighted by atomic mass is 10.3. The van der Waals surface area contributed by atoms with Crippen LogP contribution in [-0.4, -0.2) is 43.8 Å². The predicted octanol–water partition coefficient (Wildman–Crippen LogP) is 0.291. The Morgan fingerprint density at radius 2 is 2.08 bits per heavy atom. The molecule has 0 unspecified atom stereocenters. The van der Waals surface area contributed by atoms with Gasteiger partial charge in [0.05, 0.1) is 10.6 Å². The molecule has 0 saturated carbocycles. The van der Waals surface area contributed by atoms with E-state index in [0.717, 1.165) is 5.69 Å². The van der Waals surface area contributed by atoms with Crippen molar-refractivity contribution in [3.05, 3.63) is 35.7 Å². The fourth-order valence-electron chi connectivity index (χ4n) is 2.32. The van der Waals surface area contributed by atoms with Gasteiger partial charge in [-0.15, -0.1) is 0 Å². The summed E-state index contributed by atoms with van der Waals surface area (Å²) in [5.74, 6) is 0.155. The molecule has 0 aliphatic heterocycles. The number of hydrogen-bond donors (Lipinski definition) is 3. The Hall–Kier alpha value is -2.43. The van der Waals surface area contributed by atoms with Crippen molar-refractivity contribution in [3.63, 3.8) is 0 Å². The SMILES string of the molecule is Cc1nn(C)c(C)c1OCC(=O)Nc1cccc(S(=O)(=O)NCCN)c1. The molecule has 1 amide bonds. The molecule has 0 aliphatic rings. The third-order valence-electron chi connectivity index (χ3n) is 3.65. The van der Waals surface area contributed by atoms with Crippen LogP contribution in [0.1, 0.15) is 11.4 Å². The Morgan fingerprint density at radius 3 is 2.69 bits per heavy atom. The first kappa shape index (κ1) is 19.9. The molecule has 0 atom stereocenters. The van der Waals surface area contributed by atoms with Crippen LogP contribution in [0.25, 0.3) is 0 Å². The average molecular weight is 381 g/mol. The van der Waals surface area contributed by atoms with Gasteiger partial charge in [-0.3, -0.25) is 9.48 Å². The largest absolute Gasteiger partial charge is 0.480 e. The normalized spacial score (nSPS) is 11.4. The average Bonchev–Trinajstić information content (AvgIpc) is 2.83. The van der Waals surface area contributed by atoms with Gasteiger partial charge in [-0.25, -0.2) is 13.1 Å². The monoisotopic (exact) mass is 381 g/mol. The Balaban J connectivity index is 2.02. The predicted molar refractivity (Wildman–Crippen MR) is 97.5 cm³/mol. The van der Waals surface area contributed by atoms with Gasteiger partial charge < -0.3 is 15.8 Å². The smallest absolute Gasteiger partial charge is 0.262 e. The molecule has 4 N–H and O–H groups in total. The maximum atomic E-state index is 12.1. The number of nitrogens with zero attached hydrogens (tertiary/aromatic N) is 2. The topological polar surface area (TPSA) is 128 Å². The highest BCUT2D eigenvalue weighted by molar-refractivity contribution is 7.89. The van der Waals surface area contributed by atoms with E-state index >= 15 is 0 Å². The lowest BCUT2D eigenvalue weighted by Crippen LogP contribution is -2.29. The molecule has 1 heterocycles. The number of aryl methyl sites for hydroxylation is 2. The summed E-state index contributed by atoms with van der Waals surface area (Å²) in [6.07, 6.45) is 0. The van der Waals surface area contributed by atoms with Crippen LogP contribution >= 0.6 is 0 Å². The van der Waals surface area contributed by atoms with Crippen molar-refractivity contribution in [2.45, 2.75) is 18.7 Å². The number of nitrogens with two attached hydrogens (primary N) is 1. The van der Waals surface area contributed by atoms with Crippen LogP contribution in [-0.2, 0) is 21.9 Å². The van der Waals surface area contributed by atoms with Crippen molar-refractivity contribution < 1.29 is 17.9 Å². The Bertz CT molecular complexity index is 892. The van der Waals surface area contributed by atoms with Gasteiger partial charge in [0.25, 0.3) is 5.91 Å². The minimum absolute atomic E-state index is 0.0450. The molecule has 2 rings (SSSR count). The molecule has 2 aromatic rings. The van der Waals surface area contributed by atoms with E-state index in [-0.39, 0.29) is 24.6 Å². The van der Waals surface area contributed by atoms with E-state index < -0.39 is 15.9 Å². The maximum absolute atomic E-state index is 12.1. The molecule has 142 valence electrons. The van der Waals surface area contributed by atoms with Gasteiger partial charge in [0.15, 0.2) is 12.4 Å². The first-order valence-electron chi connectivity index (χ1n) is 7.97. The first-order valence-corrected chi connectivity index (χ1v) is 9.45. The summed E-state index contributed by atoms with van der Waals surface area (Å²) >= 11 is 0. The number of rotatable bonds is 8. The van der Waals surface area contributed by atoms with Crippen LogP contribution in [0.4, 0.5) is 5.69 Å². The zero-order valence-corrected chi connectivity index (χ0v) is 15.8. The molecule has 1 aromatic carbocycles. The number of anilines is 1. The standard InChI is InChI=1S/C16H23N5O4S/c1-11-16(12(2)21(3)20-11)25-10-15(22)19-13-5-4-6-14(9-13)26(23,24)18-8-7-17/h4-6,9,18H,7-8,10,17H2,1-3H3,(H,19,22). The summed E-state index contributed by atoms with van der Waals surface area (Å²) in [7, 11) is -1.88. The fraction of sp³-hybridized carbons (Fsp3) is 0.375. The highest BCUT2D eigenvalue weighted by Gasteiger charge is 2.15. The molecule has 26 heavy (non-hydrogen) atoms. The number of carbonyl (C=O) groups excluding carboxylic acids is 1. The van der Waals surface area contributed by atoms with Crippen molar-refractivity contribution in [1.29, 1.82) is 0 Å². The molecule has 0 radical (unpaired) electrons. The van der Waals surface area contributed by atoms with Crippen LogP contribution in [0.3, 0.4) is 0 Å². The van der Waals surface area contributed by atoms with E-state index in [0.29, 0.717) is 17.1 Å². The molecule has 9 nitrogen and oxygen atoms in total. The number of aromatic nitrogens is 2. The number of sulfonamides is 1. The van der Waals surface area contributed by atoms with E-state index in [1.165, 1.54) is 12.1 Å². The number of amides is 1. The molecule has 0 saturated heterocycles. The van der Waals surface area contributed by atoms with Crippen molar-refractivity contribution >= 4 is 21.6 Å². The minimum atomic E-state index is -3.67. The Morgan fingerprint density at radius 1 is 1.35 bits per heavy atom. The lowest BCUT2D eigenvalue weighted by Gasteiger charge is -2.10. The highest BCUT2D eigenvalue weighted by atomic mass is 32.2.